The van der Waals surface area contributed by atoms with E-state index in [0.29, 0.717) is 23.8 Å². The molecule has 1 spiro atoms. The van der Waals surface area contributed by atoms with Gasteiger partial charge in [0.1, 0.15) is 23.6 Å². The minimum Gasteiger partial charge on any atom is -1.00 e. The Morgan fingerprint density at radius 1 is 1.05 bits per heavy atom. The van der Waals surface area contributed by atoms with Gasteiger partial charge in [-0.15, -0.1) is 11.3 Å². The number of nitrogens with zero attached hydrogens (tertiary/aromatic N) is 2. The number of quaternary nitrogens is 2. The first-order valence-corrected chi connectivity index (χ1v) is 14.8. The number of hydrogen-bond donors (Lipinski definition) is 2. The largest absolute Gasteiger partial charge is 1.00 e. The lowest BCUT2D eigenvalue weighted by Gasteiger charge is -2.46. The zero-order chi connectivity index (χ0) is 24.0. The SMILES string of the molecule is Cc1nc2c(s1)[C@]1(C[NH2+]C2)C[NH2+]C[C@H]1C(=O)N1CC[C@@H](c2ccccc2C)C[C@H]1C1CCCCC1.[Cl-].[Cl-]. The number of carbonyl (C=O) groups excluding carboxylic acids is 1. The highest BCUT2D eigenvalue weighted by atomic mass is 35.5. The minimum atomic E-state index is -0.0411. The number of likely N-dealkylation sites (tertiary alicyclic amines) is 1. The first kappa shape index (κ1) is 28.8. The molecule has 1 amide bonds. The molecule has 5 nitrogen and oxygen atoms in total. The van der Waals surface area contributed by atoms with Crippen molar-refractivity contribution < 1.29 is 40.2 Å². The fourth-order valence-corrected chi connectivity index (χ4v) is 9.22. The summed E-state index contributed by atoms with van der Waals surface area (Å²) < 4.78 is 0. The molecule has 0 radical (unpaired) electrons. The van der Waals surface area contributed by atoms with Gasteiger partial charge < -0.3 is 40.3 Å². The van der Waals surface area contributed by atoms with Crippen LogP contribution in [-0.4, -0.2) is 48.0 Å². The first-order valence-electron chi connectivity index (χ1n) is 14.0. The van der Waals surface area contributed by atoms with Gasteiger partial charge in [0.25, 0.3) is 0 Å². The van der Waals surface area contributed by atoms with Crippen LogP contribution in [0.2, 0.25) is 0 Å². The quantitative estimate of drug-likeness (QED) is 0.409. The van der Waals surface area contributed by atoms with E-state index in [-0.39, 0.29) is 36.1 Å². The third-order valence-electron chi connectivity index (χ3n) is 9.73. The predicted molar refractivity (Wildman–Crippen MR) is 139 cm³/mol. The molecule has 2 saturated heterocycles. The summed E-state index contributed by atoms with van der Waals surface area (Å²) in [5.41, 5.74) is 4.13. The second-order valence-electron chi connectivity index (χ2n) is 11.7. The highest BCUT2D eigenvalue weighted by Gasteiger charge is 2.58. The van der Waals surface area contributed by atoms with Crippen LogP contribution < -0.4 is 35.4 Å². The van der Waals surface area contributed by atoms with Gasteiger partial charge in [-0.05, 0) is 62.5 Å². The molecule has 0 bridgehead atoms. The molecular weight excluding hydrogens is 523 g/mol. The van der Waals surface area contributed by atoms with E-state index in [1.54, 1.807) is 0 Å². The second-order valence-corrected chi connectivity index (χ2v) is 12.9. The standard InChI is InChI=1S/C29H40N4OS.2ClH/c1-19-8-6-7-11-23(19)22-12-13-33(26(14-22)21-9-4-3-5-10-21)28(34)24-15-30-17-29(24)18-31-16-25-27(29)35-20(2)32-25;;/h6-8,11,21-22,24,26,30-31H,3-5,9-10,12-18H2,1-2H3;2*1H/t22-,24+,26+,29+;;/m1../s1. The zero-order valence-corrected chi connectivity index (χ0v) is 24.6. The molecule has 1 saturated carbocycles. The van der Waals surface area contributed by atoms with Crippen LogP contribution in [0.15, 0.2) is 24.3 Å². The van der Waals surface area contributed by atoms with Gasteiger partial charge in [-0.3, -0.25) is 4.79 Å². The van der Waals surface area contributed by atoms with Crippen molar-refractivity contribution >= 4 is 17.2 Å². The molecule has 4 heterocycles. The number of carbonyl (C=O) groups is 1. The van der Waals surface area contributed by atoms with E-state index in [4.69, 9.17) is 4.98 Å². The highest BCUT2D eigenvalue weighted by molar-refractivity contribution is 7.11. The number of hydrogen-bond acceptors (Lipinski definition) is 3. The number of aromatic nitrogens is 1. The van der Waals surface area contributed by atoms with E-state index in [1.165, 1.54) is 53.8 Å². The average Bonchev–Trinajstić information content (AvgIpc) is 3.48. The summed E-state index contributed by atoms with van der Waals surface area (Å²) in [6, 6.07) is 9.34. The average molecular weight is 566 g/mol. The van der Waals surface area contributed by atoms with Gasteiger partial charge in [-0.25, -0.2) is 4.98 Å². The van der Waals surface area contributed by atoms with E-state index >= 15 is 0 Å². The summed E-state index contributed by atoms with van der Waals surface area (Å²) in [6.07, 6.45) is 8.85. The molecule has 1 aliphatic carbocycles. The van der Waals surface area contributed by atoms with Gasteiger partial charge in [0.05, 0.1) is 29.5 Å². The van der Waals surface area contributed by atoms with Gasteiger partial charge in [-0.1, -0.05) is 43.5 Å². The fraction of sp³-hybridized carbons (Fsp3) is 0.655. The maximum Gasteiger partial charge on any atom is 0.233 e. The van der Waals surface area contributed by atoms with Crippen molar-refractivity contribution in [3.8, 4) is 0 Å². The number of aryl methyl sites for hydroxylation is 2. The molecular formula is C29H42Cl2N4OS. The van der Waals surface area contributed by atoms with Crippen LogP contribution in [0.25, 0.3) is 0 Å². The van der Waals surface area contributed by atoms with Crippen molar-refractivity contribution in [2.24, 2.45) is 11.8 Å². The van der Waals surface area contributed by atoms with E-state index < -0.39 is 0 Å². The van der Waals surface area contributed by atoms with Crippen molar-refractivity contribution in [3.05, 3.63) is 51.0 Å². The van der Waals surface area contributed by atoms with E-state index in [1.807, 2.05) is 11.3 Å². The molecule has 1 aromatic heterocycles. The summed E-state index contributed by atoms with van der Waals surface area (Å²) in [4.78, 5) is 23.2. The van der Waals surface area contributed by atoms with Crippen molar-refractivity contribution in [2.75, 3.05) is 26.2 Å². The minimum absolute atomic E-state index is 0. The molecule has 37 heavy (non-hydrogen) atoms. The number of rotatable bonds is 3. The van der Waals surface area contributed by atoms with E-state index in [2.05, 4.69) is 53.6 Å². The molecule has 0 unspecified atom stereocenters. The van der Waals surface area contributed by atoms with Gasteiger partial charge in [0, 0.05) is 12.6 Å². The molecule has 4 aliphatic rings. The summed E-state index contributed by atoms with van der Waals surface area (Å²) in [7, 11) is 0. The Kier molecular flexibility index (Phi) is 9.28. The summed E-state index contributed by atoms with van der Waals surface area (Å²) in [5.74, 6) is 1.78. The second kappa shape index (κ2) is 11.9. The lowest BCUT2D eigenvalue weighted by atomic mass is 9.71. The zero-order valence-electron chi connectivity index (χ0n) is 22.2. The molecule has 2 aromatic rings. The van der Waals surface area contributed by atoms with Crippen molar-refractivity contribution in [1.82, 2.24) is 9.88 Å². The lowest BCUT2D eigenvalue weighted by Crippen LogP contribution is -3.00. The van der Waals surface area contributed by atoms with Gasteiger partial charge in [-0.2, -0.15) is 0 Å². The number of fused-ring (bicyclic) bond motifs is 2. The summed E-state index contributed by atoms with van der Waals surface area (Å²) >= 11 is 1.86. The molecule has 1 aromatic carbocycles. The van der Waals surface area contributed by atoms with Gasteiger partial charge >= 0.3 is 0 Å². The van der Waals surface area contributed by atoms with Crippen LogP contribution in [0.3, 0.4) is 0 Å². The number of piperidine rings is 1. The maximum absolute atomic E-state index is 14.5. The normalized spacial score (nSPS) is 29.9. The van der Waals surface area contributed by atoms with Crippen LogP contribution in [0.5, 0.6) is 0 Å². The lowest BCUT2D eigenvalue weighted by molar-refractivity contribution is -0.691. The third-order valence-corrected chi connectivity index (χ3v) is 11.0. The van der Waals surface area contributed by atoms with Crippen LogP contribution in [0.1, 0.15) is 77.6 Å². The molecule has 3 fully saturated rings. The smallest absolute Gasteiger partial charge is 0.233 e. The Labute approximate surface area is 238 Å². The molecule has 4 N–H and O–H groups in total. The molecule has 3 aliphatic heterocycles. The Morgan fingerprint density at radius 2 is 1.81 bits per heavy atom. The van der Waals surface area contributed by atoms with Gasteiger partial charge in [0.2, 0.25) is 5.91 Å². The van der Waals surface area contributed by atoms with Crippen LogP contribution >= 0.6 is 11.3 Å². The topological polar surface area (TPSA) is 66.4 Å². The van der Waals surface area contributed by atoms with Crippen LogP contribution in [0.4, 0.5) is 0 Å². The van der Waals surface area contributed by atoms with E-state index in [0.717, 1.165) is 50.6 Å². The Bertz CT molecular complexity index is 1090. The number of thiazole rings is 1. The maximum atomic E-state index is 14.5. The van der Waals surface area contributed by atoms with Crippen LogP contribution in [-0.2, 0) is 16.8 Å². The van der Waals surface area contributed by atoms with Crippen molar-refractivity contribution in [3.63, 3.8) is 0 Å². The predicted octanol–water partition coefficient (Wildman–Crippen LogP) is -3.37. The fourth-order valence-electron chi connectivity index (χ4n) is 8.01. The number of nitrogens with two attached hydrogens (primary N) is 2. The van der Waals surface area contributed by atoms with Crippen molar-refractivity contribution in [2.45, 2.75) is 82.7 Å². The summed E-state index contributed by atoms with van der Waals surface area (Å²) in [6.45, 7) is 9.26. The number of amides is 1. The Morgan fingerprint density at radius 3 is 2.59 bits per heavy atom. The summed E-state index contributed by atoms with van der Waals surface area (Å²) in [5, 5.41) is 5.97. The molecule has 6 rings (SSSR count). The van der Waals surface area contributed by atoms with Crippen molar-refractivity contribution in [1.29, 1.82) is 0 Å². The first-order chi connectivity index (χ1) is 17.1. The van der Waals surface area contributed by atoms with E-state index in [9.17, 15) is 4.79 Å². The Balaban J connectivity index is 0.00000160. The number of benzene rings is 1. The third kappa shape index (κ3) is 5.21. The van der Waals surface area contributed by atoms with Crippen LogP contribution in [0, 0.1) is 25.7 Å². The Hall–Kier alpha value is -1.18. The number of halogens is 2. The molecule has 204 valence electrons. The van der Waals surface area contributed by atoms with Gasteiger partial charge in [0.15, 0.2) is 0 Å². The highest BCUT2D eigenvalue weighted by Crippen LogP contribution is 2.44. The molecule has 4 atom stereocenters. The molecule has 8 heteroatoms. The monoisotopic (exact) mass is 564 g/mol.